The number of fused-ring (bicyclic) bond motifs is 2. The third-order valence-corrected chi connectivity index (χ3v) is 6.90. The van der Waals surface area contributed by atoms with Gasteiger partial charge in [0.2, 0.25) is 11.9 Å². The van der Waals surface area contributed by atoms with E-state index in [1.807, 2.05) is 57.7 Å². The number of imidazole rings is 2. The number of hydrogen-bond acceptors (Lipinski definition) is 10. The minimum absolute atomic E-state index is 0.132. The molecule has 0 radical (unpaired) electrons. The average molecular weight is 743 g/mol. The molecule has 0 aliphatic rings. The van der Waals surface area contributed by atoms with Gasteiger partial charge in [-0.25, -0.2) is 19.9 Å². The zero-order valence-electron chi connectivity index (χ0n) is 26.4. The molecule has 2 aromatic carbocycles. The van der Waals surface area contributed by atoms with Crippen molar-refractivity contribution in [2.75, 3.05) is 11.5 Å². The molecule has 240 valence electrons. The van der Waals surface area contributed by atoms with Crippen molar-refractivity contribution in [3.63, 3.8) is 0 Å². The van der Waals surface area contributed by atoms with Crippen LogP contribution in [-0.2, 0) is 13.1 Å². The number of hydrogen-bond donors (Lipinski definition) is 4. The number of anilines is 2. The zero-order chi connectivity index (χ0) is 34.2. The Morgan fingerprint density at radius 3 is 1.64 bits per heavy atom. The second-order valence-corrected chi connectivity index (χ2v) is 12.4. The lowest BCUT2D eigenvalue weighted by Crippen LogP contribution is -2.14. The van der Waals surface area contributed by atoms with Gasteiger partial charge < -0.3 is 30.8 Å². The molecule has 4 aromatic heterocycles. The molecule has 0 aliphatic carbocycles. The average Bonchev–Trinajstić information content (AvgIpc) is 3.61. The summed E-state index contributed by atoms with van der Waals surface area (Å²) in [4.78, 5) is 25.4. The highest BCUT2D eigenvalue weighted by Gasteiger charge is 2.13. The smallest absolute Gasteiger partial charge is 0.223 e. The summed E-state index contributed by atoms with van der Waals surface area (Å²) in [5.41, 5.74) is 14.9. The molecule has 0 fully saturated rings. The normalized spacial score (nSPS) is 11.0. The van der Waals surface area contributed by atoms with Gasteiger partial charge in [-0.2, -0.15) is 9.97 Å². The molecule has 6 N–H and O–H groups in total. The fraction of sp³-hybridized carbons (Fsp3) is 0.235. The number of benzene rings is 2. The van der Waals surface area contributed by atoms with Gasteiger partial charge in [-0.3, -0.25) is 0 Å². The lowest BCUT2D eigenvalue weighted by atomic mass is 10.1. The molecule has 6 aromatic rings. The number of rotatable bonds is 4. The number of nitrogens with zero attached hydrogens (tertiary/aromatic N) is 8. The van der Waals surface area contributed by atoms with Crippen LogP contribution in [0.1, 0.15) is 44.5 Å². The maximum Gasteiger partial charge on any atom is 0.223 e. The predicted molar refractivity (Wildman–Crippen MR) is 192 cm³/mol. The van der Waals surface area contributed by atoms with Gasteiger partial charge in [-0.15, -0.1) is 6.42 Å². The third-order valence-electron chi connectivity index (χ3n) is 6.15. The molecule has 0 atom stereocenters. The summed E-state index contributed by atoms with van der Waals surface area (Å²) in [7, 11) is 0. The number of nitrogens with two attached hydrogens (primary N) is 2. The van der Waals surface area contributed by atoms with Gasteiger partial charge in [0.05, 0.1) is 25.7 Å². The van der Waals surface area contributed by atoms with Gasteiger partial charge in [0.15, 0.2) is 11.3 Å². The first-order valence-electron chi connectivity index (χ1n) is 14.4. The summed E-state index contributed by atoms with van der Waals surface area (Å²) >= 11 is 2.12. The topological polar surface area (TPSA) is 180 Å². The van der Waals surface area contributed by atoms with Crippen LogP contribution in [0.5, 0.6) is 0 Å². The highest BCUT2D eigenvalue weighted by molar-refractivity contribution is 14.1. The summed E-state index contributed by atoms with van der Waals surface area (Å²) in [6.07, 6.45) is 8.27. The Hall–Kier alpha value is -5.09. The monoisotopic (exact) mass is 742 g/mol. The van der Waals surface area contributed by atoms with E-state index in [0.717, 1.165) is 27.0 Å². The molecule has 4 heterocycles. The summed E-state index contributed by atoms with van der Waals surface area (Å²) in [5, 5.41) is 18.3. The summed E-state index contributed by atoms with van der Waals surface area (Å²) < 4.78 is 4.66. The first-order chi connectivity index (χ1) is 22.2. The van der Waals surface area contributed by atoms with Crippen molar-refractivity contribution in [2.24, 2.45) is 0 Å². The summed E-state index contributed by atoms with van der Waals surface area (Å²) in [6, 6.07) is 20.2. The Morgan fingerprint density at radius 1 is 0.723 bits per heavy atom. The molecule has 0 spiro atoms. The van der Waals surface area contributed by atoms with Crippen LogP contribution in [0.4, 0.5) is 11.9 Å². The van der Waals surface area contributed by atoms with Gasteiger partial charge in [0, 0.05) is 0 Å². The first-order valence-corrected chi connectivity index (χ1v) is 15.5. The maximum atomic E-state index is 9.75. The molecule has 0 aliphatic heterocycles. The van der Waals surface area contributed by atoms with Crippen LogP contribution in [0.25, 0.3) is 22.3 Å². The van der Waals surface area contributed by atoms with E-state index in [1.54, 1.807) is 40.3 Å². The summed E-state index contributed by atoms with van der Waals surface area (Å²) in [5.74, 6) is 8.14. The molecule has 47 heavy (non-hydrogen) atoms. The van der Waals surface area contributed by atoms with E-state index in [1.165, 1.54) is 5.56 Å². The van der Waals surface area contributed by atoms with E-state index in [0.29, 0.717) is 23.4 Å². The Balaban J connectivity index is 0.000000185. The molecule has 0 bridgehead atoms. The molecule has 13 heteroatoms. The number of aliphatic hydroxyl groups is 2. The SMILES string of the molecule is C#CC(C)(C)O.CC(C)(O)C#Cc1nc(N)nc2c1ncn2Cc1ccccc1.Nc1nc(I)c2ncn(Cc3ccccc3)c2n1. The highest BCUT2D eigenvalue weighted by atomic mass is 127. The van der Waals surface area contributed by atoms with Crippen molar-refractivity contribution in [1.29, 1.82) is 0 Å². The standard InChI is InChI=1S/C17H17N5O.C12H10IN5.C5H8O/c1-17(2,23)9-8-13-14-15(21-16(18)20-13)22(11-19-14)10-12-6-4-3-5-7-12;13-10-9-11(17-12(14)16-10)18(7-15-9)6-8-4-2-1-3-5-8;1-4-5(2,3)6/h3-7,11,23H,10H2,1-2H3,(H2,18,20,21);1-5,7H,6H2,(H2,14,16,17);1,6H,2-3H3. The molecule has 0 saturated carbocycles. The maximum absolute atomic E-state index is 9.75. The largest absolute Gasteiger partial charge is 0.378 e. The second kappa shape index (κ2) is 15.0. The molecule has 12 nitrogen and oxygen atoms in total. The Morgan fingerprint density at radius 2 is 1.17 bits per heavy atom. The van der Waals surface area contributed by atoms with Crippen molar-refractivity contribution in [3.8, 4) is 24.2 Å². The van der Waals surface area contributed by atoms with E-state index < -0.39 is 11.2 Å². The van der Waals surface area contributed by atoms with Crippen LogP contribution in [0, 0.1) is 27.9 Å². The Kier molecular flexibility index (Phi) is 11.1. The van der Waals surface area contributed by atoms with Crippen molar-refractivity contribution < 1.29 is 10.2 Å². The van der Waals surface area contributed by atoms with Gasteiger partial charge in [-0.05, 0) is 67.3 Å². The fourth-order valence-corrected chi connectivity index (χ4v) is 4.61. The number of terminal acetylenes is 1. The Bertz CT molecular complexity index is 2060. The third kappa shape index (κ3) is 10.2. The molecule has 0 saturated heterocycles. The van der Waals surface area contributed by atoms with Crippen LogP contribution >= 0.6 is 22.6 Å². The minimum atomic E-state index is -1.11. The lowest BCUT2D eigenvalue weighted by molar-refractivity contribution is 0.143. The molecular weight excluding hydrogens is 707 g/mol. The van der Waals surface area contributed by atoms with Crippen molar-refractivity contribution in [3.05, 3.63) is 93.8 Å². The van der Waals surface area contributed by atoms with Crippen LogP contribution in [0.3, 0.4) is 0 Å². The first kappa shape index (κ1) is 34.8. The lowest BCUT2D eigenvalue weighted by Gasteiger charge is -2.06. The van der Waals surface area contributed by atoms with Crippen LogP contribution in [-0.4, -0.2) is 60.5 Å². The zero-order valence-corrected chi connectivity index (χ0v) is 28.6. The highest BCUT2D eigenvalue weighted by Crippen LogP contribution is 2.19. The molecular formula is C34H35IN10O2. The summed E-state index contributed by atoms with van der Waals surface area (Å²) in [6.45, 7) is 7.70. The van der Waals surface area contributed by atoms with Crippen LogP contribution in [0.15, 0.2) is 73.3 Å². The molecule has 0 amide bonds. The Labute approximate surface area is 286 Å². The number of halogens is 1. The van der Waals surface area contributed by atoms with E-state index in [4.69, 9.17) is 23.0 Å². The van der Waals surface area contributed by atoms with Gasteiger partial charge in [0.1, 0.15) is 31.6 Å². The minimum Gasteiger partial charge on any atom is -0.378 e. The number of nitrogen functional groups attached to an aromatic ring is 2. The predicted octanol–water partition coefficient (Wildman–Crippen LogP) is 4.03. The van der Waals surface area contributed by atoms with Crippen molar-refractivity contribution in [1.82, 2.24) is 39.0 Å². The van der Waals surface area contributed by atoms with E-state index in [2.05, 4.69) is 82.4 Å². The molecule has 6 rings (SSSR count). The van der Waals surface area contributed by atoms with E-state index in [-0.39, 0.29) is 11.9 Å². The van der Waals surface area contributed by atoms with E-state index in [9.17, 15) is 5.11 Å². The van der Waals surface area contributed by atoms with Gasteiger partial charge >= 0.3 is 0 Å². The number of aromatic nitrogens is 8. The quantitative estimate of drug-likeness (QED) is 0.117. The van der Waals surface area contributed by atoms with Gasteiger partial charge in [0.25, 0.3) is 0 Å². The van der Waals surface area contributed by atoms with Crippen molar-refractivity contribution in [2.45, 2.75) is 52.0 Å². The van der Waals surface area contributed by atoms with Crippen LogP contribution in [0.2, 0.25) is 0 Å². The van der Waals surface area contributed by atoms with Crippen molar-refractivity contribution >= 4 is 56.8 Å². The van der Waals surface area contributed by atoms with E-state index >= 15 is 0 Å². The fourth-order valence-electron chi connectivity index (χ4n) is 3.98. The van der Waals surface area contributed by atoms with Gasteiger partial charge in [-0.1, -0.05) is 72.5 Å². The van der Waals surface area contributed by atoms with Crippen LogP contribution < -0.4 is 11.5 Å². The second-order valence-electron chi connectivity index (χ2n) is 11.4. The molecule has 0 unspecified atom stereocenters.